The number of carbonyl (C=O) groups is 3. The summed E-state index contributed by atoms with van der Waals surface area (Å²) in [5.41, 5.74) is 0.0695. The van der Waals surface area contributed by atoms with Crippen molar-refractivity contribution < 1.29 is 18.8 Å². The first-order valence-corrected chi connectivity index (χ1v) is 10.4. The Morgan fingerprint density at radius 1 is 1.24 bits per heavy atom. The Hall–Kier alpha value is -4.08. The minimum atomic E-state index is -0.949. The average molecular weight is 450 g/mol. The second-order valence-corrected chi connectivity index (χ2v) is 8.06. The Bertz CT molecular complexity index is 1180. The summed E-state index contributed by atoms with van der Waals surface area (Å²) in [4.78, 5) is 45.9. The van der Waals surface area contributed by atoms with Crippen LogP contribution in [0.5, 0.6) is 0 Å². The second-order valence-electron chi connectivity index (χ2n) is 8.06. The van der Waals surface area contributed by atoms with E-state index in [1.165, 1.54) is 36.7 Å². The fraction of sp³-hybridized carbons (Fsp3) is 0.261. The van der Waals surface area contributed by atoms with Crippen LogP contribution in [0.3, 0.4) is 0 Å². The molecule has 2 heterocycles. The molecule has 1 unspecified atom stereocenters. The number of rotatable bonds is 7. The van der Waals surface area contributed by atoms with Crippen LogP contribution in [0, 0.1) is 11.7 Å². The SMILES string of the molecule is CN1/C(=C\C=C(/C=O)Nc2cc(NC(=O)C3CC3)ncn2)C(=O)NC1(C)c1cccc(F)c1. The lowest BCUT2D eigenvalue weighted by atomic mass is 10.0. The lowest BCUT2D eigenvalue weighted by molar-refractivity contribution is -0.118. The van der Waals surface area contributed by atoms with Gasteiger partial charge < -0.3 is 20.9 Å². The topological polar surface area (TPSA) is 116 Å². The highest BCUT2D eigenvalue weighted by Crippen LogP contribution is 2.33. The van der Waals surface area contributed by atoms with Crippen LogP contribution in [-0.2, 0) is 20.0 Å². The molecule has 0 radical (unpaired) electrons. The smallest absolute Gasteiger partial charge is 0.269 e. The Balaban J connectivity index is 1.51. The van der Waals surface area contributed by atoms with E-state index in [9.17, 15) is 18.8 Å². The molecule has 1 saturated heterocycles. The summed E-state index contributed by atoms with van der Waals surface area (Å²) in [6.45, 7) is 1.77. The van der Waals surface area contributed by atoms with Gasteiger partial charge in [-0.3, -0.25) is 14.4 Å². The molecule has 1 saturated carbocycles. The molecule has 3 N–H and O–H groups in total. The minimum Gasteiger partial charge on any atom is -0.344 e. The summed E-state index contributed by atoms with van der Waals surface area (Å²) >= 11 is 0. The van der Waals surface area contributed by atoms with Gasteiger partial charge in [0.15, 0.2) is 6.29 Å². The fourth-order valence-corrected chi connectivity index (χ4v) is 3.50. The van der Waals surface area contributed by atoms with Gasteiger partial charge in [0, 0.05) is 24.6 Å². The first-order valence-electron chi connectivity index (χ1n) is 10.4. The van der Waals surface area contributed by atoms with Gasteiger partial charge >= 0.3 is 0 Å². The van der Waals surface area contributed by atoms with Crippen LogP contribution in [0.4, 0.5) is 16.0 Å². The number of halogens is 1. The summed E-state index contributed by atoms with van der Waals surface area (Å²) < 4.78 is 13.7. The van der Waals surface area contributed by atoms with Crippen molar-refractivity contribution in [1.29, 1.82) is 0 Å². The highest BCUT2D eigenvalue weighted by atomic mass is 19.1. The van der Waals surface area contributed by atoms with Gasteiger partial charge in [-0.25, -0.2) is 14.4 Å². The van der Waals surface area contributed by atoms with Crippen LogP contribution >= 0.6 is 0 Å². The molecule has 1 aliphatic heterocycles. The maximum Gasteiger partial charge on any atom is 0.269 e. The molecule has 33 heavy (non-hydrogen) atoms. The predicted octanol–water partition coefficient (Wildman–Crippen LogP) is 2.28. The van der Waals surface area contributed by atoms with Crippen molar-refractivity contribution in [2.24, 2.45) is 5.92 Å². The first-order chi connectivity index (χ1) is 15.8. The van der Waals surface area contributed by atoms with Gasteiger partial charge in [0.25, 0.3) is 5.91 Å². The minimum absolute atomic E-state index is 0.0287. The van der Waals surface area contributed by atoms with Crippen LogP contribution in [0.25, 0.3) is 0 Å². The molecule has 4 rings (SSSR count). The zero-order valence-corrected chi connectivity index (χ0v) is 18.1. The van der Waals surface area contributed by atoms with Gasteiger partial charge in [0.05, 0.1) is 5.70 Å². The number of anilines is 2. The Morgan fingerprint density at radius 3 is 2.64 bits per heavy atom. The largest absolute Gasteiger partial charge is 0.344 e. The molecule has 0 spiro atoms. The monoisotopic (exact) mass is 450 g/mol. The molecule has 170 valence electrons. The quantitative estimate of drug-likeness (QED) is 0.438. The number of hydrogen-bond acceptors (Lipinski definition) is 7. The summed E-state index contributed by atoms with van der Waals surface area (Å²) in [5.74, 6) is -0.194. The van der Waals surface area contributed by atoms with E-state index in [2.05, 4.69) is 25.9 Å². The third kappa shape index (κ3) is 4.74. The molecule has 1 atom stereocenters. The number of hydrogen-bond donors (Lipinski definition) is 3. The fourth-order valence-electron chi connectivity index (χ4n) is 3.50. The number of benzene rings is 1. The molecular formula is C23H23FN6O3. The van der Waals surface area contributed by atoms with Gasteiger partial charge in [-0.05, 0) is 44.1 Å². The van der Waals surface area contributed by atoms with Crippen LogP contribution in [-0.4, -0.2) is 40.0 Å². The summed E-state index contributed by atoms with van der Waals surface area (Å²) in [6.07, 6.45) is 6.53. The number of nitrogens with one attached hydrogen (secondary N) is 3. The van der Waals surface area contributed by atoms with Crippen molar-refractivity contribution in [3.05, 3.63) is 71.6 Å². The molecule has 2 aromatic rings. The summed E-state index contributed by atoms with van der Waals surface area (Å²) in [5, 5.41) is 8.42. The van der Waals surface area contributed by atoms with E-state index >= 15 is 0 Å². The van der Waals surface area contributed by atoms with Crippen LogP contribution < -0.4 is 16.0 Å². The molecule has 1 aliphatic carbocycles. The molecule has 1 aromatic carbocycles. The van der Waals surface area contributed by atoms with Crippen molar-refractivity contribution in [3.8, 4) is 0 Å². The van der Waals surface area contributed by atoms with Gasteiger partial charge in [-0.15, -0.1) is 0 Å². The predicted molar refractivity (Wildman–Crippen MR) is 119 cm³/mol. The highest BCUT2D eigenvalue weighted by Gasteiger charge is 2.43. The number of aromatic nitrogens is 2. The second kappa shape index (κ2) is 8.81. The lowest BCUT2D eigenvalue weighted by Crippen LogP contribution is -2.44. The van der Waals surface area contributed by atoms with Gasteiger partial charge in [-0.1, -0.05) is 12.1 Å². The van der Waals surface area contributed by atoms with Crippen LogP contribution in [0.15, 0.2) is 60.2 Å². The number of likely N-dealkylation sites (N-methyl/N-ethyl adjacent to an activating group) is 1. The lowest BCUT2D eigenvalue weighted by Gasteiger charge is -2.33. The van der Waals surface area contributed by atoms with E-state index in [-0.39, 0.29) is 23.4 Å². The van der Waals surface area contributed by atoms with Gasteiger partial charge in [0.2, 0.25) is 5.91 Å². The Labute approximate surface area is 189 Å². The highest BCUT2D eigenvalue weighted by molar-refractivity contribution is 5.96. The van der Waals surface area contributed by atoms with Gasteiger partial charge in [0.1, 0.15) is 35.1 Å². The maximum atomic E-state index is 13.7. The molecule has 9 nitrogen and oxygen atoms in total. The zero-order chi connectivity index (χ0) is 23.6. The zero-order valence-electron chi connectivity index (χ0n) is 18.1. The maximum absolute atomic E-state index is 13.7. The molecule has 10 heteroatoms. The van der Waals surface area contributed by atoms with E-state index in [0.717, 1.165) is 12.8 Å². The van der Waals surface area contributed by atoms with Crippen LogP contribution in [0.2, 0.25) is 0 Å². The van der Waals surface area contributed by atoms with E-state index in [1.54, 1.807) is 31.0 Å². The molecule has 0 bridgehead atoms. The molecule has 1 aromatic heterocycles. The van der Waals surface area contributed by atoms with Crippen LogP contribution in [0.1, 0.15) is 25.3 Å². The number of nitrogens with zero attached hydrogens (tertiary/aromatic N) is 3. The molecule has 2 fully saturated rings. The number of aldehydes is 1. The van der Waals surface area contributed by atoms with E-state index in [0.29, 0.717) is 29.2 Å². The van der Waals surface area contributed by atoms with Crippen molar-refractivity contribution in [3.63, 3.8) is 0 Å². The van der Waals surface area contributed by atoms with Gasteiger partial charge in [-0.2, -0.15) is 0 Å². The molecule has 2 aliphatic rings. The number of carbonyl (C=O) groups excluding carboxylic acids is 3. The third-order valence-corrected chi connectivity index (χ3v) is 5.70. The first kappa shape index (κ1) is 22.1. The average Bonchev–Trinajstić information content (AvgIpc) is 3.61. The Morgan fingerprint density at radius 2 is 1.97 bits per heavy atom. The van der Waals surface area contributed by atoms with Crippen molar-refractivity contribution in [2.75, 3.05) is 17.7 Å². The number of allylic oxidation sites excluding steroid dienone is 3. The Kier molecular flexibility index (Phi) is 5.91. The summed E-state index contributed by atoms with van der Waals surface area (Å²) in [7, 11) is 1.70. The summed E-state index contributed by atoms with van der Waals surface area (Å²) in [6, 6.07) is 7.52. The van der Waals surface area contributed by atoms with Crippen molar-refractivity contribution >= 4 is 29.7 Å². The molecule has 2 amide bonds. The van der Waals surface area contributed by atoms with Crippen molar-refractivity contribution in [2.45, 2.75) is 25.4 Å². The van der Waals surface area contributed by atoms with E-state index in [1.807, 2.05) is 0 Å². The number of amides is 2. The normalized spacial score (nSPS) is 21.7. The third-order valence-electron chi connectivity index (χ3n) is 5.70. The van der Waals surface area contributed by atoms with Crippen molar-refractivity contribution in [1.82, 2.24) is 20.2 Å². The van der Waals surface area contributed by atoms with E-state index in [4.69, 9.17) is 0 Å². The standard InChI is InChI=1S/C23H23FN6O3/c1-23(15-4-3-5-16(24)10-15)29-22(33)18(30(23)2)9-8-17(12-31)27-19-11-20(26-13-25-19)28-21(32)14-6-7-14/h3-5,8-14H,6-7H2,1-2H3,(H,29,33)(H2,25,26,27,28,32)/b17-8+,18-9-. The van der Waals surface area contributed by atoms with E-state index < -0.39 is 11.5 Å². The molecular weight excluding hydrogens is 427 g/mol.